The molecule has 3 atom stereocenters. The minimum atomic E-state index is -4.40. The van der Waals surface area contributed by atoms with Gasteiger partial charge in [0.05, 0.1) is 16.1 Å². The maximum absolute atomic E-state index is 13.3. The Labute approximate surface area is 263 Å². The number of rotatable bonds is 12. The fraction of sp³-hybridized carbons (Fsp3) is 0.257. The van der Waals surface area contributed by atoms with Crippen molar-refractivity contribution in [2.75, 3.05) is 5.75 Å². The maximum Gasteiger partial charge on any atom is 0.416 e. The van der Waals surface area contributed by atoms with Crippen molar-refractivity contribution in [3.63, 3.8) is 0 Å². The van der Waals surface area contributed by atoms with E-state index < -0.39 is 29.4 Å². The van der Waals surface area contributed by atoms with Crippen molar-refractivity contribution >= 4 is 34.5 Å². The third-order valence-electron chi connectivity index (χ3n) is 7.56. The number of carboxylic acids is 1. The Hall–Kier alpha value is -3.69. The summed E-state index contributed by atoms with van der Waals surface area (Å²) in [4.78, 5) is 17.5. The second-order valence-corrected chi connectivity index (χ2v) is 13.0. The van der Waals surface area contributed by atoms with Gasteiger partial charge in [0.25, 0.3) is 0 Å². The smallest absolute Gasteiger partial charge is 0.416 e. The average molecular weight is 636 g/mol. The molecule has 0 amide bonds. The molecule has 5 rings (SSSR count). The number of nitrogens with zero attached hydrogens (tertiary/aromatic N) is 1. The van der Waals surface area contributed by atoms with Crippen LogP contribution >= 0.6 is 23.5 Å². The predicted molar refractivity (Wildman–Crippen MR) is 172 cm³/mol. The van der Waals surface area contributed by atoms with Gasteiger partial charge in [-0.2, -0.15) is 13.2 Å². The molecule has 0 saturated carbocycles. The largest absolute Gasteiger partial charge is 0.479 e. The van der Waals surface area contributed by atoms with E-state index in [9.17, 15) is 18.0 Å². The number of hydrogen-bond donors (Lipinski definition) is 1. The van der Waals surface area contributed by atoms with E-state index in [0.29, 0.717) is 23.5 Å². The summed E-state index contributed by atoms with van der Waals surface area (Å²) in [5.74, 6) is 0.163. The molecule has 1 aliphatic rings. The van der Waals surface area contributed by atoms with E-state index in [1.165, 1.54) is 24.6 Å². The van der Waals surface area contributed by atoms with Crippen LogP contribution in [0.4, 0.5) is 13.2 Å². The average Bonchev–Trinajstić information content (AvgIpc) is 3.38. The lowest BCUT2D eigenvalue weighted by atomic mass is 9.83. The van der Waals surface area contributed by atoms with Crippen LogP contribution in [0.3, 0.4) is 0 Å². The second-order valence-electron chi connectivity index (χ2n) is 10.7. The quantitative estimate of drug-likeness (QED) is 0.158. The Kier molecular flexibility index (Phi) is 10.1. The summed E-state index contributed by atoms with van der Waals surface area (Å²) in [5.41, 5.74) is 1.87. The van der Waals surface area contributed by atoms with E-state index in [-0.39, 0.29) is 5.25 Å². The minimum Gasteiger partial charge on any atom is -0.479 e. The number of hydrogen-bond acceptors (Lipinski definition) is 5. The first-order valence-electron chi connectivity index (χ1n) is 14.3. The zero-order valence-electron chi connectivity index (χ0n) is 24.0. The van der Waals surface area contributed by atoms with Gasteiger partial charge in [-0.25, -0.2) is 4.79 Å². The lowest BCUT2D eigenvalue weighted by molar-refractivity contribution is -0.144. The zero-order chi connectivity index (χ0) is 31.2. The van der Waals surface area contributed by atoms with Gasteiger partial charge in [-0.1, -0.05) is 84.6 Å². The number of aliphatic imine (C=N–C) groups is 1. The maximum atomic E-state index is 13.3. The van der Waals surface area contributed by atoms with Crippen LogP contribution in [0.25, 0.3) is 0 Å². The molecule has 0 bridgehead atoms. The highest BCUT2D eigenvalue weighted by Gasteiger charge is 2.45. The SMILES string of the molecule is CC(Oc1ccc(SCC2SC(c3ccc(C(F)(F)F)cc3)=NC2(CCc2ccccc2)Cc2ccccc2)cc1)C(=O)O. The van der Waals surface area contributed by atoms with Gasteiger partial charge in [0, 0.05) is 21.5 Å². The van der Waals surface area contributed by atoms with E-state index in [1.807, 2.05) is 48.5 Å². The molecule has 4 aromatic rings. The first-order valence-corrected chi connectivity index (χ1v) is 16.1. The van der Waals surface area contributed by atoms with Crippen molar-refractivity contribution in [3.8, 4) is 5.75 Å². The molecule has 1 heterocycles. The van der Waals surface area contributed by atoms with Gasteiger partial charge in [0.1, 0.15) is 5.75 Å². The number of ether oxygens (including phenoxy) is 1. The van der Waals surface area contributed by atoms with Crippen LogP contribution in [-0.4, -0.2) is 38.8 Å². The molecule has 0 aliphatic carbocycles. The van der Waals surface area contributed by atoms with E-state index >= 15 is 0 Å². The number of thioether (sulfide) groups is 2. The van der Waals surface area contributed by atoms with Crippen molar-refractivity contribution in [2.24, 2.45) is 4.99 Å². The van der Waals surface area contributed by atoms with Crippen LogP contribution in [0.2, 0.25) is 0 Å². The summed E-state index contributed by atoms with van der Waals surface area (Å²) in [5, 5.41) is 9.92. The van der Waals surface area contributed by atoms with Crippen molar-refractivity contribution in [1.29, 1.82) is 0 Å². The highest BCUT2D eigenvalue weighted by atomic mass is 32.2. The Morgan fingerprint density at radius 3 is 2.14 bits per heavy atom. The second kappa shape index (κ2) is 13.9. The molecule has 0 spiro atoms. The summed E-state index contributed by atoms with van der Waals surface area (Å²) >= 11 is 3.30. The number of carbonyl (C=O) groups is 1. The van der Waals surface area contributed by atoms with E-state index in [0.717, 1.165) is 40.5 Å². The van der Waals surface area contributed by atoms with Crippen molar-refractivity contribution in [2.45, 2.75) is 54.2 Å². The molecule has 0 saturated heterocycles. The van der Waals surface area contributed by atoms with Crippen LogP contribution < -0.4 is 4.74 Å². The third-order valence-corrected chi connectivity index (χ3v) is 10.3. The number of halogens is 3. The number of benzene rings is 4. The van der Waals surface area contributed by atoms with Crippen LogP contribution in [0.5, 0.6) is 5.75 Å². The molecule has 228 valence electrons. The molecule has 1 N–H and O–H groups in total. The monoisotopic (exact) mass is 635 g/mol. The summed E-state index contributed by atoms with van der Waals surface area (Å²) in [6, 6.07) is 33.1. The zero-order valence-corrected chi connectivity index (χ0v) is 25.7. The van der Waals surface area contributed by atoms with Gasteiger partial charge in [-0.3, -0.25) is 4.99 Å². The molecule has 4 aromatic carbocycles. The Morgan fingerprint density at radius 1 is 0.932 bits per heavy atom. The fourth-order valence-corrected chi connectivity index (χ4v) is 7.83. The fourth-order valence-electron chi connectivity index (χ4n) is 5.12. The van der Waals surface area contributed by atoms with Gasteiger partial charge < -0.3 is 9.84 Å². The normalized spacial score (nSPS) is 18.9. The van der Waals surface area contributed by atoms with Gasteiger partial charge >= 0.3 is 12.1 Å². The molecule has 0 aromatic heterocycles. The number of carboxylic acid groups (broad SMARTS) is 1. The summed E-state index contributed by atoms with van der Waals surface area (Å²) < 4.78 is 45.4. The highest BCUT2D eigenvalue weighted by Crippen LogP contribution is 2.46. The molecule has 4 nitrogen and oxygen atoms in total. The highest BCUT2D eigenvalue weighted by molar-refractivity contribution is 8.16. The van der Waals surface area contributed by atoms with Crippen molar-refractivity contribution < 1.29 is 27.8 Å². The van der Waals surface area contributed by atoms with Crippen molar-refractivity contribution in [3.05, 3.63) is 131 Å². The van der Waals surface area contributed by atoms with Gasteiger partial charge in [0.15, 0.2) is 6.10 Å². The molecule has 0 fully saturated rings. The molecule has 1 aliphatic heterocycles. The number of alkyl halides is 3. The molecule has 9 heteroatoms. The standard InChI is InChI=1S/C35H32F3NO3S2/c1-24(33(40)41)42-29-16-18-30(19-17-29)43-23-31-34(22-26-10-6-3-7-11-26,21-20-25-8-4-2-5-9-25)39-32(44-31)27-12-14-28(15-13-27)35(36,37)38/h2-19,24,31H,20-23H2,1H3,(H,40,41). The van der Waals surface area contributed by atoms with Crippen LogP contribution in [0.1, 0.15) is 35.6 Å². The first kappa shape index (κ1) is 31.7. The number of aryl methyl sites for hydroxylation is 1. The number of aliphatic carboxylic acids is 1. The van der Waals surface area contributed by atoms with E-state index in [2.05, 4.69) is 24.3 Å². The summed E-state index contributed by atoms with van der Waals surface area (Å²) in [6.45, 7) is 1.48. The lowest BCUT2D eigenvalue weighted by Crippen LogP contribution is -2.40. The van der Waals surface area contributed by atoms with Gasteiger partial charge in [-0.05, 0) is 73.7 Å². The van der Waals surface area contributed by atoms with E-state index in [1.54, 1.807) is 35.7 Å². The van der Waals surface area contributed by atoms with Crippen LogP contribution in [-0.2, 0) is 23.8 Å². The van der Waals surface area contributed by atoms with Crippen LogP contribution in [0, 0.1) is 0 Å². The summed E-state index contributed by atoms with van der Waals surface area (Å²) in [6.07, 6.45) is -3.07. The van der Waals surface area contributed by atoms with Gasteiger partial charge in [0.2, 0.25) is 0 Å². The third kappa shape index (κ3) is 8.07. The Morgan fingerprint density at radius 2 is 1.55 bits per heavy atom. The lowest BCUT2D eigenvalue weighted by Gasteiger charge is -2.33. The molecule has 44 heavy (non-hydrogen) atoms. The Balaban J connectivity index is 1.44. The first-order chi connectivity index (χ1) is 21.1. The minimum absolute atomic E-state index is 0.0386. The predicted octanol–water partition coefficient (Wildman–Crippen LogP) is 8.83. The van der Waals surface area contributed by atoms with Crippen LogP contribution in [0.15, 0.2) is 119 Å². The van der Waals surface area contributed by atoms with Gasteiger partial charge in [-0.15, -0.1) is 11.8 Å². The van der Waals surface area contributed by atoms with E-state index in [4.69, 9.17) is 14.8 Å². The molecule has 3 unspecified atom stereocenters. The summed E-state index contributed by atoms with van der Waals surface area (Å²) in [7, 11) is 0. The molecule has 0 radical (unpaired) electrons. The van der Waals surface area contributed by atoms with Crippen molar-refractivity contribution in [1.82, 2.24) is 0 Å². The topological polar surface area (TPSA) is 58.9 Å². The molecular formula is C35H32F3NO3S2. The molecular weight excluding hydrogens is 604 g/mol. The Bertz CT molecular complexity index is 1560.